The fourth-order valence-electron chi connectivity index (χ4n) is 2.86. The van der Waals surface area contributed by atoms with E-state index >= 15 is 0 Å². The monoisotopic (exact) mass is 307 g/mol. The average molecular weight is 307 g/mol. The molecular weight excluding hydrogens is 282 g/mol. The Hall–Kier alpha value is -1.44. The predicted molar refractivity (Wildman–Crippen MR) is 85.5 cm³/mol. The quantitative estimate of drug-likeness (QED) is 0.735. The maximum atomic E-state index is 12.0. The molecule has 2 saturated heterocycles. The summed E-state index contributed by atoms with van der Waals surface area (Å²) in [6, 6.07) is 3.48. The lowest BCUT2D eigenvalue weighted by Gasteiger charge is -2.33. The van der Waals surface area contributed by atoms with Gasteiger partial charge in [-0.2, -0.15) is 5.10 Å². The number of piperazine rings is 1. The molecule has 1 aromatic heterocycles. The van der Waals surface area contributed by atoms with E-state index in [-0.39, 0.29) is 5.56 Å². The first-order chi connectivity index (χ1) is 10.7. The molecular formula is C15H25N5O2. The zero-order valence-corrected chi connectivity index (χ0v) is 13.3. The summed E-state index contributed by atoms with van der Waals surface area (Å²) < 4.78 is 6.95. The summed E-state index contributed by atoms with van der Waals surface area (Å²) in [5, 5.41) is 4.56. The van der Waals surface area contributed by atoms with E-state index in [2.05, 4.69) is 26.8 Å². The summed E-state index contributed by atoms with van der Waals surface area (Å²) in [4.78, 5) is 18.9. The maximum Gasteiger partial charge on any atom is 0.266 e. The Bertz CT molecular complexity index is 533. The molecule has 0 unspecified atom stereocenters. The fraction of sp³-hybridized carbons (Fsp3) is 0.733. The summed E-state index contributed by atoms with van der Waals surface area (Å²) >= 11 is 0. The van der Waals surface area contributed by atoms with Crippen molar-refractivity contribution in [1.82, 2.24) is 19.6 Å². The minimum Gasteiger partial charge on any atom is -0.379 e. The fourth-order valence-corrected chi connectivity index (χ4v) is 2.86. The van der Waals surface area contributed by atoms with Crippen LogP contribution in [0.25, 0.3) is 0 Å². The van der Waals surface area contributed by atoms with Crippen molar-refractivity contribution >= 4 is 5.82 Å². The lowest BCUT2D eigenvalue weighted by atomic mass is 10.3. The Morgan fingerprint density at radius 3 is 2.50 bits per heavy atom. The highest BCUT2D eigenvalue weighted by Gasteiger charge is 2.16. The van der Waals surface area contributed by atoms with Crippen LogP contribution in [0.4, 0.5) is 5.82 Å². The van der Waals surface area contributed by atoms with Gasteiger partial charge < -0.3 is 14.5 Å². The van der Waals surface area contributed by atoms with E-state index in [4.69, 9.17) is 4.74 Å². The van der Waals surface area contributed by atoms with E-state index in [1.54, 1.807) is 10.7 Å². The molecule has 0 N–H and O–H groups in total. The number of ether oxygens (including phenoxy) is 1. The van der Waals surface area contributed by atoms with Gasteiger partial charge in [0.25, 0.3) is 5.56 Å². The summed E-state index contributed by atoms with van der Waals surface area (Å²) in [5.41, 5.74) is -0.0221. The van der Waals surface area contributed by atoms with Gasteiger partial charge in [0.2, 0.25) is 0 Å². The number of aromatic nitrogens is 2. The first-order valence-electron chi connectivity index (χ1n) is 8.04. The summed E-state index contributed by atoms with van der Waals surface area (Å²) in [7, 11) is 2.13. The van der Waals surface area contributed by atoms with Gasteiger partial charge in [-0.15, -0.1) is 0 Å². The highest BCUT2D eigenvalue weighted by molar-refractivity contribution is 5.37. The molecule has 0 spiro atoms. The Balaban J connectivity index is 1.63. The minimum absolute atomic E-state index is 0.0221. The zero-order chi connectivity index (χ0) is 15.4. The van der Waals surface area contributed by atoms with Gasteiger partial charge in [-0.25, -0.2) is 4.68 Å². The molecule has 0 bridgehead atoms. The van der Waals surface area contributed by atoms with Gasteiger partial charge in [0.05, 0.1) is 19.8 Å². The van der Waals surface area contributed by atoms with Gasteiger partial charge in [0.1, 0.15) is 5.82 Å². The van der Waals surface area contributed by atoms with Crippen LogP contribution >= 0.6 is 0 Å². The van der Waals surface area contributed by atoms with Crippen LogP contribution < -0.4 is 10.5 Å². The summed E-state index contributed by atoms with van der Waals surface area (Å²) in [6.45, 7) is 8.93. The van der Waals surface area contributed by atoms with Gasteiger partial charge in [-0.05, 0) is 13.1 Å². The van der Waals surface area contributed by atoms with E-state index in [9.17, 15) is 4.79 Å². The third-order valence-electron chi connectivity index (χ3n) is 4.41. The van der Waals surface area contributed by atoms with E-state index < -0.39 is 0 Å². The third-order valence-corrected chi connectivity index (χ3v) is 4.41. The SMILES string of the molecule is CN1CCN(c2ccc(=O)n(CCN3CCOCC3)n2)CC1. The van der Waals surface area contributed by atoms with E-state index in [1.165, 1.54) is 0 Å². The third kappa shape index (κ3) is 3.85. The number of hydrogen-bond donors (Lipinski definition) is 0. The van der Waals surface area contributed by atoms with Gasteiger partial charge in [0, 0.05) is 51.9 Å². The van der Waals surface area contributed by atoms with Gasteiger partial charge in [-0.3, -0.25) is 9.69 Å². The number of anilines is 1. The topological polar surface area (TPSA) is 53.8 Å². The smallest absolute Gasteiger partial charge is 0.266 e. The predicted octanol–water partition coefficient (Wildman–Crippen LogP) is -0.673. The first-order valence-corrected chi connectivity index (χ1v) is 8.04. The van der Waals surface area contributed by atoms with Crippen molar-refractivity contribution in [3.05, 3.63) is 22.5 Å². The van der Waals surface area contributed by atoms with Crippen molar-refractivity contribution in [2.75, 3.05) is 71.0 Å². The second-order valence-corrected chi connectivity index (χ2v) is 6.00. The average Bonchev–Trinajstić information content (AvgIpc) is 2.56. The highest BCUT2D eigenvalue weighted by Crippen LogP contribution is 2.10. The van der Waals surface area contributed by atoms with Gasteiger partial charge in [-0.1, -0.05) is 0 Å². The van der Waals surface area contributed by atoms with Crippen molar-refractivity contribution in [2.24, 2.45) is 0 Å². The van der Waals surface area contributed by atoms with Gasteiger partial charge >= 0.3 is 0 Å². The number of morpholine rings is 1. The number of nitrogens with zero attached hydrogens (tertiary/aromatic N) is 5. The molecule has 22 heavy (non-hydrogen) atoms. The van der Waals surface area contributed by atoms with Crippen molar-refractivity contribution in [3.63, 3.8) is 0 Å². The van der Waals surface area contributed by atoms with Crippen LogP contribution in [0.3, 0.4) is 0 Å². The molecule has 0 radical (unpaired) electrons. The molecule has 0 aromatic carbocycles. The molecule has 0 atom stereocenters. The second-order valence-electron chi connectivity index (χ2n) is 6.00. The lowest BCUT2D eigenvalue weighted by Crippen LogP contribution is -2.45. The maximum absolute atomic E-state index is 12.0. The van der Waals surface area contributed by atoms with Crippen LogP contribution in [0, 0.1) is 0 Å². The normalized spacial score (nSPS) is 21.2. The van der Waals surface area contributed by atoms with Crippen LogP contribution in [0.15, 0.2) is 16.9 Å². The minimum atomic E-state index is -0.0221. The van der Waals surface area contributed by atoms with Crippen LogP contribution in [0.5, 0.6) is 0 Å². The summed E-state index contributed by atoms with van der Waals surface area (Å²) in [5.74, 6) is 0.912. The van der Waals surface area contributed by atoms with Crippen molar-refractivity contribution in [3.8, 4) is 0 Å². The number of rotatable bonds is 4. The van der Waals surface area contributed by atoms with E-state index in [0.717, 1.165) is 64.8 Å². The number of hydrogen-bond acceptors (Lipinski definition) is 6. The molecule has 2 aliphatic rings. The van der Waals surface area contributed by atoms with Gasteiger partial charge in [0.15, 0.2) is 0 Å². The molecule has 7 nitrogen and oxygen atoms in total. The molecule has 1 aromatic rings. The molecule has 0 amide bonds. The molecule has 2 fully saturated rings. The molecule has 7 heteroatoms. The van der Waals surface area contributed by atoms with E-state index in [1.807, 2.05) is 6.07 Å². The molecule has 3 heterocycles. The first kappa shape index (κ1) is 15.5. The van der Waals surface area contributed by atoms with Crippen LogP contribution in [-0.2, 0) is 11.3 Å². The highest BCUT2D eigenvalue weighted by atomic mass is 16.5. The van der Waals surface area contributed by atoms with Crippen LogP contribution in [-0.4, -0.2) is 85.7 Å². The Morgan fingerprint density at radius 2 is 1.77 bits per heavy atom. The molecule has 3 rings (SSSR count). The molecule has 122 valence electrons. The standard InChI is InChI=1S/C15H25N5O2/c1-17-4-7-19(8-5-17)14-2-3-15(21)20(16-14)9-6-18-10-12-22-13-11-18/h2-3H,4-13H2,1H3. The van der Waals surface area contributed by atoms with Crippen molar-refractivity contribution in [1.29, 1.82) is 0 Å². The molecule has 0 aliphatic carbocycles. The second kappa shape index (κ2) is 7.21. The van der Waals surface area contributed by atoms with Crippen molar-refractivity contribution < 1.29 is 4.74 Å². The van der Waals surface area contributed by atoms with E-state index in [0.29, 0.717) is 6.54 Å². The number of likely N-dealkylation sites (N-methyl/N-ethyl adjacent to an activating group) is 1. The Morgan fingerprint density at radius 1 is 1.05 bits per heavy atom. The Kier molecular flexibility index (Phi) is 5.07. The van der Waals surface area contributed by atoms with Crippen LogP contribution in [0.1, 0.15) is 0 Å². The summed E-state index contributed by atoms with van der Waals surface area (Å²) in [6.07, 6.45) is 0. The largest absolute Gasteiger partial charge is 0.379 e. The lowest BCUT2D eigenvalue weighted by molar-refractivity contribution is 0.0358. The molecule has 0 saturated carbocycles. The molecule has 2 aliphatic heterocycles. The van der Waals surface area contributed by atoms with Crippen LogP contribution in [0.2, 0.25) is 0 Å². The van der Waals surface area contributed by atoms with Crippen molar-refractivity contribution in [2.45, 2.75) is 6.54 Å². The zero-order valence-electron chi connectivity index (χ0n) is 13.3. The Labute approximate surface area is 131 Å².